The highest BCUT2D eigenvalue weighted by Gasteiger charge is 2.14. The summed E-state index contributed by atoms with van der Waals surface area (Å²) in [6, 6.07) is 5.13. The second kappa shape index (κ2) is 5.41. The Balaban J connectivity index is 1.80. The van der Waals surface area contributed by atoms with Crippen LogP contribution < -0.4 is 5.32 Å². The lowest BCUT2D eigenvalue weighted by molar-refractivity contribution is 0.110. The van der Waals surface area contributed by atoms with Gasteiger partial charge in [0, 0.05) is 19.7 Å². The van der Waals surface area contributed by atoms with E-state index in [4.69, 9.17) is 4.74 Å². The molecule has 16 heavy (non-hydrogen) atoms. The SMILES string of the molecule is Cc1cc(F)cc(CNCC2CCCO2)c1. The largest absolute Gasteiger partial charge is 0.377 e. The molecule has 2 nitrogen and oxygen atoms in total. The van der Waals surface area contributed by atoms with Crippen molar-refractivity contribution in [3.05, 3.63) is 35.1 Å². The number of aryl methyl sites for hydroxylation is 1. The summed E-state index contributed by atoms with van der Waals surface area (Å²) in [7, 11) is 0. The molecule has 88 valence electrons. The molecule has 1 aliphatic heterocycles. The van der Waals surface area contributed by atoms with Gasteiger partial charge in [-0.3, -0.25) is 0 Å². The van der Waals surface area contributed by atoms with Gasteiger partial charge in [-0.25, -0.2) is 4.39 Å². The van der Waals surface area contributed by atoms with Gasteiger partial charge in [0.25, 0.3) is 0 Å². The van der Waals surface area contributed by atoms with Gasteiger partial charge in [0.15, 0.2) is 0 Å². The Morgan fingerprint density at radius 3 is 3.00 bits per heavy atom. The molecular weight excluding hydrogens is 205 g/mol. The fraction of sp³-hybridized carbons (Fsp3) is 0.538. The minimum Gasteiger partial charge on any atom is -0.377 e. The zero-order valence-corrected chi connectivity index (χ0v) is 9.63. The monoisotopic (exact) mass is 223 g/mol. The van der Waals surface area contributed by atoms with Crippen LogP contribution in [0.5, 0.6) is 0 Å². The Kier molecular flexibility index (Phi) is 3.91. The predicted octanol–water partition coefficient (Wildman–Crippen LogP) is 2.40. The number of hydrogen-bond donors (Lipinski definition) is 1. The Hall–Kier alpha value is -0.930. The first-order valence-electron chi connectivity index (χ1n) is 5.82. The molecular formula is C13H18FNO. The maximum atomic E-state index is 13.1. The third-order valence-corrected chi connectivity index (χ3v) is 2.83. The van der Waals surface area contributed by atoms with Crippen molar-refractivity contribution in [2.24, 2.45) is 0 Å². The summed E-state index contributed by atoms with van der Waals surface area (Å²) < 4.78 is 18.6. The highest BCUT2D eigenvalue weighted by Crippen LogP contribution is 2.11. The number of ether oxygens (including phenoxy) is 1. The molecule has 0 aliphatic carbocycles. The highest BCUT2D eigenvalue weighted by atomic mass is 19.1. The van der Waals surface area contributed by atoms with Gasteiger partial charge in [-0.2, -0.15) is 0 Å². The summed E-state index contributed by atoms with van der Waals surface area (Å²) in [6.07, 6.45) is 2.63. The maximum Gasteiger partial charge on any atom is 0.123 e. The van der Waals surface area contributed by atoms with Crippen LogP contribution in [0.1, 0.15) is 24.0 Å². The average molecular weight is 223 g/mol. The topological polar surface area (TPSA) is 21.3 Å². The van der Waals surface area contributed by atoms with Crippen molar-refractivity contribution < 1.29 is 9.13 Å². The summed E-state index contributed by atoms with van der Waals surface area (Å²) in [5, 5.41) is 3.31. The van der Waals surface area contributed by atoms with Crippen LogP contribution in [-0.2, 0) is 11.3 Å². The Bertz CT molecular complexity index is 328. The van der Waals surface area contributed by atoms with Gasteiger partial charge >= 0.3 is 0 Å². The third-order valence-electron chi connectivity index (χ3n) is 2.83. The molecule has 1 aliphatic rings. The number of halogens is 1. The lowest BCUT2D eigenvalue weighted by Gasteiger charge is -2.11. The fourth-order valence-corrected chi connectivity index (χ4v) is 2.10. The standard InChI is InChI=1S/C13H18FNO/c1-10-5-11(7-12(14)6-10)8-15-9-13-3-2-4-16-13/h5-7,13,15H,2-4,8-9H2,1H3. The van der Waals surface area contributed by atoms with E-state index in [9.17, 15) is 4.39 Å². The van der Waals surface area contributed by atoms with E-state index in [1.807, 2.05) is 13.0 Å². The number of benzene rings is 1. The molecule has 0 radical (unpaired) electrons. The van der Waals surface area contributed by atoms with E-state index in [-0.39, 0.29) is 5.82 Å². The second-order valence-electron chi connectivity index (χ2n) is 4.40. The smallest absolute Gasteiger partial charge is 0.123 e. The van der Waals surface area contributed by atoms with Gasteiger partial charge < -0.3 is 10.1 Å². The molecule has 0 bridgehead atoms. The van der Waals surface area contributed by atoms with Gasteiger partial charge in [-0.05, 0) is 43.0 Å². The zero-order chi connectivity index (χ0) is 11.4. The van der Waals surface area contributed by atoms with Crippen molar-refractivity contribution in [3.63, 3.8) is 0 Å². The molecule has 1 unspecified atom stereocenters. The van der Waals surface area contributed by atoms with Crippen LogP contribution in [0.3, 0.4) is 0 Å². The van der Waals surface area contributed by atoms with E-state index in [0.717, 1.165) is 37.1 Å². The number of rotatable bonds is 4. The quantitative estimate of drug-likeness (QED) is 0.846. The van der Waals surface area contributed by atoms with Crippen molar-refractivity contribution in [2.75, 3.05) is 13.2 Å². The summed E-state index contributed by atoms with van der Waals surface area (Å²) in [6.45, 7) is 4.35. The van der Waals surface area contributed by atoms with Crippen LogP contribution in [-0.4, -0.2) is 19.3 Å². The summed E-state index contributed by atoms with van der Waals surface area (Å²) in [4.78, 5) is 0. The molecule has 1 N–H and O–H groups in total. The predicted molar refractivity (Wildman–Crippen MR) is 61.8 cm³/mol. The first kappa shape index (κ1) is 11.6. The molecule has 1 aromatic rings. The van der Waals surface area contributed by atoms with E-state index in [2.05, 4.69) is 5.32 Å². The minimum absolute atomic E-state index is 0.158. The zero-order valence-electron chi connectivity index (χ0n) is 9.63. The molecule has 1 fully saturated rings. The molecule has 0 amide bonds. The van der Waals surface area contributed by atoms with E-state index in [0.29, 0.717) is 12.6 Å². The van der Waals surface area contributed by atoms with E-state index < -0.39 is 0 Å². The van der Waals surface area contributed by atoms with Gasteiger partial charge in [-0.15, -0.1) is 0 Å². The number of hydrogen-bond acceptors (Lipinski definition) is 2. The van der Waals surface area contributed by atoms with E-state index in [1.54, 1.807) is 12.1 Å². The van der Waals surface area contributed by atoms with Crippen molar-refractivity contribution in [1.82, 2.24) is 5.32 Å². The van der Waals surface area contributed by atoms with Crippen LogP contribution >= 0.6 is 0 Å². The second-order valence-corrected chi connectivity index (χ2v) is 4.40. The van der Waals surface area contributed by atoms with Crippen LogP contribution in [0.2, 0.25) is 0 Å². The van der Waals surface area contributed by atoms with Gasteiger partial charge in [-0.1, -0.05) is 6.07 Å². The summed E-state index contributed by atoms with van der Waals surface area (Å²) in [5.74, 6) is -0.158. The average Bonchev–Trinajstić information content (AvgIpc) is 2.69. The Labute approximate surface area is 95.8 Å². The van der Waals surface area contributed by atoms with Crippen molar-refractivity contribution in [3.8, 4) is 0 Å². The normalized spacial score (nSPS) is 20.2. The van der Waals surface area contributed by atoms with Crippen molar-refractivity contribution in [2.45, 2.75) is 32.4 Å². The Morgan fingerprint density at radius 2 is 2.31 bits per heavy atom. The maximum absolute atomic E-state index is 13.1. The minimum atomic E-state index is -0.158. The lowest BCUT2D eigenvalue weighted by atomic mass is 10.1. The first-order chi connectivity index (χ1) is 7.74. The molecule has 1 atom stereocenters. The van der Waals surface area contributed by atoms with Crippen LogP contribution in [0.15, 0.2) is 18.2 Å². The third kappa shape index (κ3) is 3.29. The van der Waals surface area contributed by atoms with Gasteiger partial charge in [0.1, 0.15) is 5.82 Å². The molecule has 0 saturated carbocycles. The Morgan fingerprint density at radius 1 is 1.44 bits per heavy atom. The fourth-order valence-electron chi connectivity index (χ4n) is 2.10. The molecule has 1 heterocycles. The van der Waals surface area contributed by atoms with Gasteiger partial charge in [0.05, 0.1) is 6.10 Å². The molecule has 0 spiro atoms. The van der Waals surface area contributed by atoms with Crippen LogP contribution in [0.25, 0.3) is 0 Å². The molecule has 3 heteroatoms. The van der Waals surface area contributed by atoms with Crippen LogP contribution in [0.4, 0.5) is 4.39 Å². The highest BCUT2D eigenvalue weighted by molar-refractivity contribution is 5.23. The molecule has 1 saturated heterocycles. The van der Waals surface area contributed by atoms with Crippen LogP contribution in [0, 0.1) is 12.7 Å². The molecule has 1 aromatic carbocycles. The van der Waals surface area contributed by atoms with Crippen molar-refractivity contribution >= 4 is 0 Å². The first-order valence-corrected chi connectivity index (χ1v) is 5.82. The summed E-state index contributed by atoms with van der Waals surface area (Å²) in [5.41, 5.74) is 1.96. The molecule has 0 aromatic heterocycles. The lowest BCUT2D eigenvalue weighted by Crippen LogP contribution is -2.25. The van der Waals surface area contributed by atoms with Gasteiger partial charge in [0.2, 0.25) is 0 Å². The van der Waals surface area contributed by atoms with Crippen molar-refractivity contribution in [1.29, 1.82) is 0 Å². The molecule has 2 rings (SSSR count). The van der Waals surface area contributed by atoms with E-state index in [1.165, 1.54) is 0 Å². The summed E-state index contributed by atoms with van der Waals surface area (Å²) >= 11 is 0. The number of nitrogens with one attached hydrogen (secondary N) is 1. The van der Waals surface area contributed by atoms with E-state index >= 15 is 0 Å².